The second-order valence-electron chi connectivity index (χ2n) is 5.02. The number of halogens is 1. The van der Waals surface area contributed by atoms with Gasteiger partial charge in [-0.2, -0.15) is 0 Å². The van der Waals surface area contributed by atoms with Crippen LogP contribution in [0.25, 0.3) is 5.69 Å². The highest BCUT2D eigenvalue weighted by Crippen LogP contribution is 2.40. The van der Waals surface area contributed by atoms with Gasteiger partial charge in [-0.3, -0.25) is 0 Å². The minimum absolute atomic E-state index is 0.161. The first-order valence-corrected chi connectivity index (χ1v) is 6.57. The number of rotatable bonds is 2. The lowest BCUT2D eigenvalue weighted by atomic mass is 9.73. The average molecular weight is 262 g/mol. The van der Waals surface area contributed by atoms with E-state index in [0.717, 1.165) is 34.9 Å². The van der Waals surface area contributed by atoms with E-state index < -0.39 is 0 Å². The lowest BCUT2D eigenvalue weighted by Crippen LogP contribution is -2.43. The number of nitrogens with two attached hydrogens (primary N) is 1. The molecule has 0 spiro atoms. The zero-order valence-corrected chi connectivity index (χ0v) is 11.1. The van der Waals surface area contributed by atoms with Crippen LogP contribution in [0.3, 0.4) is 0 Å². The van der Waals surface area contributed by atoms with Crippen molar-refractivity contribution in [1.82, 2.24) is 9.55 Å². The molecule has 1 aliphatic carbocycles. The summed E-state index contributed by atoms with van der Waals surface area (Å²) in [5, 5.41) is 0.727. The van der Waals surface area contributed by atoms with Crippen molar-refractivity contribution in [2.45, 2.75) is 31.7 Å². The standard InChI is InChI=1S/C14H16ClN3/c1-10-17-7-8-18(10)13-4-3-11(9-12(13)15)14(16)5-2-6-14/h3-4,7-9H,2,5-6,16H2,1H3. The third kappa shape index (κ3) is 1.74. The zero-order chi connectivity index (χ0) is 12.8. The summed E-state index contributed by atoms with van der Waals surface area (Å²) >= 11 is 6.38. The number of nitrogens with zero attached hydrogens (tertiary/aromatic N) is 2. The molecule has 3 rings (SSSR count). The summed E-state index contributed by atoms with van der Waals surface area (Å²) in [5.74, 6) is 0.927. The third-order valence-electron chi connectivity index (χ3n) is 3.85. The van der Waals surface area contributed by atoms with Crippen LogP contribution >= 0.6 is 11.6 Å². The van der Waals surface area contributed by atoms with Gasteiger partial charge < -0.3 is 10.3 Å². The van der Waals surface area contributed by atoms with Crippen molar-refractivity contribution in [3.05, 3.63) is 47.0 Å². The Kier molecular flexibility index (Phi) is 2.68. The molecular weight excluding hydrogens is 246 g/mol. The Morgan fingerprint density at radius 3 is 2.67 bits per heavy atom. The van der Waals surface area contributed by atoms with Crippen LogP contribution in [0.2, 0.25) is 5.02 Å². The molecule has 2 N–H and O–H groups in total. The fourth-order valence-electron chi connectivity index (χ4n) is 2.49. The molecule has 4 heteroatoms. The summed E-state index contributed by atoms with van der Waals surface area (Å²) in [7, 11) is 0. The molecule has 0 amide bonds. The number of hydrogen-bond donors (Lipinski definition) is 1. The Bertz CT molecular complexity index is 584. The second kappa shape index (κ2) is 4.11. The van der Waals surface area contributed by atoms with Crippen molar-refractivity contribution in [3.63, 3.8) is 0 Å². The molecule has 1 fully saturated rings. The van der Waals surface area contributed by atoms with Crippen LogP contribution in [-0.2, 0) is 5.54 Å². The molecule has 94 valence electrons. The number of aromatic nitrogens is 2. The summed E-state index contributed by atoms with van der Waals surface area (Å²) in [6.07, 6.45) is 6.99. The minimum atomic E-state index is -0.161. The van der Waals surface area contributed by atoms with Gasteiger partial charge in [0.15, 0.2) is 0 Å². The van der Waals surface area contributed by atoms with Crippen LogP contribution in [0.4, 0.5) is 0 Å². The van der Waals surface area contributed by atoms with Crippen LogP contribution < -0.4 is 5.73 Å². The number of hydrogen-bond acceptors (Lipinski definition) is 2. The molecule has 1 aromatic heterocycles. The van der Waals surface area contributed by atoms with E-state index in [0.29, 0.717) is 0 Å². The van der Waals surface area contributed by atoms with Crippen molar-refractivity contribution in [1.29, 1.82) is 0 Å². The lowest BCUT2D eigenvalue weighted by molar-refractivity contribution is 0.253. The van der Waals surface area contributed by atoms with Gasteiger partial charge in [-0.05, 0) is 43.9 Å². The molecule has 3 nitrogen and oxygen atoms in total. The monoisotopic (exact) mass is 261 g/mol. The molecule has 0 aliphatic heterocycles. The molecule has 1 aromatic carbocycles. The van der Waals surface area contributed by atoms with Crippen molar-refractivity contribution in [2.24, 2.45) is 5.73 Å². The van der Waals surface area contributed by atoms with Crippen LogP contribution in [0.5, 0.6) is 0 Å². The van der Waals surface area contributed by atoms with Gasteiger partial charge in [-0.25, -0.2) is 4.98 Å². The summed E-state index contributed by atoms with van der Waals surface area (Å²) in [6, 6.07) is 6.11. The minimum Gasteiger partial charge on any atom is -0.321 e. The van der Waals surface area contributed by atoms with E-state index in [1.807, 2.05) is 29.8 Å². The predicted octanol–water partition coefficient (Wildman–Crippen LogP) is 3.17. The lowest BCUT2D eigenvalue weighted by Gasteiger charge is -2.38. The highest BCUT2D eigenvalue weighted by molar-refractivity contribution is 6.32. The van der Waals surface area contributed by atoms with Gasteiger partial charge >= 0.3 is 0 Å². The molecule has 1 aliphatic rings. The molecule has 0 unspecified atom stereocenters. The predicted molar refractivity (Wildman–Crippen MR) is 73.0 cm³/mol. The fraction of sp³-hybridized carbons (Fsp3) is 0.357. The second-order valence-corrected chi connectivity index (χ2v) is 5.43. The molecule has 0 saturated heterocycles. The summed E-state index contributed by atoms with van der Waals surface area (Å²) in [5.41, 5.74) is 8.25. The Morgan fingerprint density at radius 1 is 1.39 bits per heavy atom. The summed E-state index contributed by atoms with van der Waals surface area (Å²) in [6.45, 7) is 1.96. The maximum Gasteiger partial charge on any atom is 0.110 e. The van der Waals surface area contributed by atoms with Crippen LogP contribution in [0.1, 0.15) is 30.7 Å². The molecule has 0 bridgehead atoms. The molecule has 0 radical (unpaired) electrons. The van der Waals surface area contributed by atoms with Gasteiger partial charge in [0.05, 0.1) is 10.7 Å². The number of imidazole rings is 1. The molecule has 2 aromatic rings. The average Bonchev–Trinajstić information content (AvgIpc) is 2.72. The SMILES string of the molecule is Cc1nccn1-c1ccc(C2(N)CCC2)cc1Cl. The molecule has 1 heterocycles. The summed E-state index contributed by atoms with van der Waals surface area (Å²) < 4.78 is 1.98. The van der Waals surface area contributed by atoms with Gasteiger partial charge in [-0.15, -0.1) is 0 Å². The maximum atomic E-state index is 6.38. The quantitative estimate of drug-likeness (QED) is 0.902. The highest BCUT2D eigenvalue weighted by Gasteiger charge is 2.34. The van der Waals surface area contributed by atoms with E-state index in [9.17, 15) is 0 Å². The zero-order valence-electron chi connectivity index (χ0n) is 10.4. The van der Waals surface area contributed by atoms with Gasteiger partial charge in [0.2, 0.25) is 0 Å². The Morgan fingerprint density at radius 2 is 2.17 bits per heavy atom. The molecule has 18 heavy (non-hydrogen) atoms. The molecular formula is C14H16ClN3. The normalized spacial score (nSPS) is 17.5. The van der Waals surface area contributed by atoms with Gasteiger partial charge in [0.25, 0.3) is 0 Å². The van der Waals surface area contributed by atoms with E-state index in [2.05, 4.69) is 11.1 Å². The van der Waals surface area contributed by atoms with Crippen molar-refractivity contribution in [2.75, 3.05) is 0 Å². The fourth-order valence-corrected chi connectivity index (χ4v) is 2.76. The first kappa shape index (κ1) is 11.8. The van der Waals surface area contributed by atoms with Gasteiger partial charge in [0, 0.05) is 17.9 Å². The van der Waals surface area contributed by atoms with Crippen molar-refractivity contribution >= 4 is 11.6 Å². The van der Waals surface area contributed by atoms with E-state index >= 15 is 0 Å². The number of aryl methyl sites for hydroxylation is 1. The Balaban J connectivity index is 2.02. The van der Waals surface area contributed by atoms with E-state index in [1.54, 1.807) is 6.20 Å². The smallest absolute Gasteiger partial charge is 0.110 e. The van der Waals surface area contributed by atoms with Crippen LogP contribution in [0, 0.1) is 6.92 Å². The maximum absolute atomic E-state index is 6.38. The van der Waals surface area contributed by atoms with Gasteiger partial charge in [-0.1, -0.05) is 17.7 Å². The van der Waals surface area contributed by atoms with Crippen molar-refractivity contribution in [3.8, 4) is 5.69 Å². The largest absolute Gasteiger partial charge is 0.321 e. The molecule has 1 saturated carbocycles. The van der Waals surface area contributed by atoms with Gasteiger partial charge in [0.1, 0.15) is 5.82 Å². The topological polar surface area (TPSA) is 43.8 Å². The van der Waals surface area contributed by atoms with E-state index in [1.165, 1.54) is 6.42 Å². The van der Waals surface area contributed by atoms with Crippen LogP contribution in [0.15, 0.2) is 30.6 Å². The van der Waals surface area contributed by atoms with E-state index in [4.69, 9.17) is 17.3 Å². The van der Waals surface area contributed by atoms with E-state index in [-0.39, 0.29) is 5.54 Å². The molecule has 0 atom stereocenters. The highest BCUT2D eigenvalue weighted by atomic mass is 35.5. The Labute approximate surface area is 112 Å². The third-order valence-corrected chi connectivity index (χ3v) is 4.16. The first-order valence-electron chi connectivity index (χ1n) is 6.19. The Hall–Kier alpha value is -1.32. The first-order chi connectivity index (χ1) is 8.60. The number of benzene rings is 1. The summed E-state index contributed by atoms with van der Waals surface area (Å²) in [4.78, 5) is 4.21. The van der Waals surface area contributed by atoms with Crippen LogP contribution in [-0.4, -0.2) is 9.55 Å². The van der Waals surface area contributed by atoms with Crippen molar-refractivity contribution < 1.29 is 0 Å².